The van der Waals surface area contributed by atoms with Crippen molar-refractivity contribution in [1.29, 1.82) is 0 Å². The van der Waals surface area contributed by atoms with Gasteiger partial charge < -0.3 is 10.1 Å². The molecular weight excluding hydrogens is 374 g/mol. The Kier molecular flexibility index (Phi) is 5.19. The summed E-state index contributed by atoms with van der Waals surface area (Å²) in [5, 5.41) is 5.51. The number of rotatable bonds is 6. The Hall–Kier alpha value is -2.64. The van der Waals surface area contributed by atoms with Crippen LogP contribution in [0, 0.1) is 0 Å². The van der Waals surface area contributed by atoms with Gasteiger partial charge in [0.25, 0.3) is 0 Å². The molecule has 146 valence electrons. The molecule has 3 aromatic rings. The van der Waals surface area contributed by atoms with Gasteiger partial charge in [-0.25, -0.2) is 13.4 Å². The van der Waals surface area contributed by atoms with Crippen molar-refractivity contribution >= 4 is 26.6 Å². The molecule has 0 unspecified atom stereocenters. The highest BCUT2D eigenvalue weighted by Gasteiger charge is 2.27. The third-order valence-electron chi connectivity index (χ3n) is 5.02. The molecule has 1 aromatic heterocycles. The van der Waals surface area contributed by atoms with E-state index in [1.807, 2.05) is 18.2 Å². The normalized spacial score (nSPS) is 15.0. The molecule has 2 aromatic carbocycles. The summed E-state index contributed by atoms with van der Waals surface area (Å²) in [4.78, 5) is 4.53. The maximum absolute atomic E-state index is 12.6. The highest BCUT2D eigenvalue weighted by molar-refractivity contribution is 7.89. The molecule has 0 radical (unpaired) electrons. The number of nitrogens with one attached hydrogen (secondary N) is 1. The van der Waals surface area contributed by atoms with Crippen LogP contribution in [0.4, 0.5) is 5.82 Å². The average molecular weight is 398 g/mol. The molecule has 0 amide bonds. The van der Waals surface area contributed by atoms with Crippen LogP contribution < -0.4 is 10.1 Å². The van der Waals surface area contributed by atoms with E-state index in [1.165, 1.54) is 10.5 Å². The largest absolute Gasteiger partial charge is 0.497 e. The fourth-order valence-corrected chi connectivity index (χ4v) is 4.88. The van der Waals surface area contributed by atoms with Crippen LogP contribution in [0.2, 0.25) is 0 Å². The van der Waals surface area contributed by atoms with Crippen LogP contribution >= 0.6 is 0 Å². The van der Waals surface area contributed by atoms with E-state index in [-0.39, 0.29) is 4.90 Å². The summed E-state index contributed by atoms with van der Waals surface area (Å²) < 4.78 is 31.9. The number of fused-ring (bicyclic) bond motifs is 1. The highest BCUT2D eigenvalue weighted by Crippen LogP contribution is 2.23. The molecule has 1 N–H and O–H groups in total. The number of methoxy groups -OCH3 is 1. The van der Waals surface area contributed by atoms with Crippen LogP contribution in [-0.2, 0) is 16.6 Å². The first-order chi connectivity index (χ1) is 13.6. The Labute approximate surface area is 165 Å². The number of benzene rings is 2. The molecule has 0 aliphatic carbocycles. The number of ether oxygens (including phenoxy) is 1. The molecule has 1 fully saturated rings. The van der Waals surface area contributed by atoms with E-state index in [2.05, 4.69) is 28.5 Å². The fourth-order valence-electron chi connectivity index (χ4n) is 3.42. The lowest BCUT2D eigenvalue weighted by Gasteiger charge is -2.15. The number of nitrogens with zero attached hydrogens (tertiary/aromatic N) is 2. The van der Waals surface area contributed by atoms with Gasteiger partial charge in [0.2, 0.25) is 10.0 Å². The highest BCUT2D eigenvalue weighted by atomic mass is 32.2. The van der Waals surface area contributed by atoms with Gasteiger partial charge in [-0.05, 0) is 59.5 Å². The van der Waals surface area contributed by atoms with Crippen LogP contribution in [-0.4, -0.2) is 37.9 Å². The Morgan fingerprint density at radius 3 is 2.50 bits per heavy atom. The molecular formula is C21H23N3O3S. The van der Waals surface area contributed by atoms with E-state index in [0.29, 0.717) is 25.5 Å². The van der Waals surface area contributed by atoms with Gasteiger partial charge in [-0.15, -0.1) is 0 Å². The minimum absolute atomic E-state index is 0.250. The maximum Gasteiger partial charge on any atom is 0.244 e. The van der Waals surface area contributed by atoms with Crippen LogP contribution in [0.25, 0.3) is 10.8 Å². The van der Waals surface area contributed by atoms with Crippen molar-refractivity contribution in [3.63, 3.8) is 0 Å². The Bertz CT molecular complexity index is 1080. The van der Waals surface area contributed by atoms with Gasteiger partial charge in [0.1, 0.15) is 16.5 Å². The zero-order chi connectivity index (χ0) is 19.6. The van der Waals surface area contributed by atoms with Crippen molar-refractivity contribution in [1.82, 2.24) is 9.29 Å². The second-order valence-corrected chi connectivity index (χ2v) is 8.83. The SMILES string of the molecule is COc1ccc2cc(CNc3ccc(S(=O)(=O)N4CCCC4)cn3)ccc2c1. The summed E-state index contributed by atoms with van der Waals surface area (Å²) in [6.07, 6.45) is 3.28. The van der Waals surface area contributed by atoms with Crippen LogP contribution in [0.15, 0.2) is 59.6 Å². The second kappa shape index (κ2) is 7.77. The monoisotopic (exact) mass is 397 g/mol. The van der Waals surface area contributed by atoms with E-state index < -0.39 is 10.0 Å². The molecule has 28 heavy (non-hydrogen) atoms. The predicted molar refractivity (Wildman–Crippen MR) is 110 cm³/mol. The predicted octanol–water partition coefficient (Wildman–Crippen LogP) is 3.64. The van der Waals surface area contributed by atoms with Gasteiger partial charge >= 0.3 is 0 Å². The molecule has 2 heterocycles. The third kappa shape index (κ3) is 3.81. The molecule has 1 saturated heterocycles. The van der Waals surface area contributed by atoms with Crippen molar-refractivity contribution in [2.24, 2.45) is 0 Å². The van der Waals surface area contributed by atoms with Crippen molar-refractivity contribution < 1.29 is 13.2 Å². The fraction of sp³-hybridized carbons (Fsp3) is 0.286. The molecule has 0 saturated carbocycles. The second-order valence-electron chi connectivity index (χ2n) is 6.89. The number of hydrogen-bond donors (Lipinski definition) is 1. The molecule has 4 rings (SSSR count). The molecule has 0 bridgehead atoms. The summed E-state index contributed by atoms with van der Waals surface area (Å²) in [6.45, 7) is 1.79. The number of aromatic nitrogens is 1. The summed E-state index contributed by atoms with van der Waals surface area (Å²) in [7, 11) is -1.76. The average Bonchev–Trinajstić information content (AvgIpc) is 3.28. The molecule has 6 nitrogen and oxygen atoms in total. The number of hydrogen-bond acceptors (Lipinski definition) is 5. The number of sulfonamides is 1. The minimum atomic E-state index is -3.42. The van der Waals surface area contributed by atoms with Gasteiger partial charge in [0, 0.05) is 25.8 Å². The topological polar surface area (TPSA) is 71.5 Å². The first-order valence-electron chi connectivity index (χ1n) is 9.33. The zero-order valence-electron chi connectivity index (χ0n) is 15.8. The van der Waals surface area contributed by atoms with Crippen LogP contribution in [0.3, 0.4) is 0 Å². The summed E-state index contributed by atoms with van der Waals surface area (Å²) in [5.41, 5.74) is 1.12. The quantitative estimate of drug-likeness (QED) is 0.688. The summed E-state index contributed by atoms with van der Waals surface area (Å²) in [6, 6.07) is 15.6. The van der Waals surface area contributed by atoms with Gasteiger partial charge in [0.15, 0.2) is 0 Å². The van der Waals surface area contributed by atoms with E-state index in [4.69, 9.17) is 4.74 Å². The lowest BCUT2D eigenvalue weighted by molar-refractivity contribution is 0.415. The summed E-state index contributed by atoms with van der Waals surface area (Å²) in [5.74, 6) is 1.49. The van der Waals surface area contributed by atoms with Crippen LogP contribution in [0.5, 0.6) is 5.75 Å². The van der Waals surface area contributed by atoms with Gasteiger partial charge in [-0.2, -0.15) is 4.31 Å². The van der Waals surface area contributed by atoms with Crippen molar-refractivity contribution in [2.45, 2.75) is 24.3 Å². The van der Waals surface area contributed by atoms with Crippen molar-refractivity contribution in [3.8, 4) is 5.75 Å². The van der Waals surface area contributed by atoms with Gasteiger partial charge in [-0.1, -0.05) is 18.2 Å². The Morgan fingerprint density at radius 1 is 1.04 bits per heavy atom. The molecule has 1 aliphatic rings. The number of pyridine rings is 1. The number of anilines is 1. The van der Waals surface area contributed by atoms with E-state index >= 15 is 0 Å². The Morgan fingerprint density at radius 2 is 1.79 bits per heavy atom. The summed E-state index contributed by atoms with van der Waals surface area (Å²) >= 11 is 0. The molecule has 7 heteroatoms. The minimum Gasteiger partial charge on any atom is -0.497 e. The third-order valence-corrected chi connectivity index (χ3v) is 6.91. The smallest absolute Gasteiger partial charge is 0.244 e. The molecule has 0 spiro atoms. The van der Waals surface area contributed by atoms with E-state index in [1.54, 1.807) is 19.2 Å². The zero-order valence-corrected chi connectivity index (χ0v) is 16.6. The lowest BCUT2D eigenvalue weighted by Crippen LogP contribution is -2.27. The Balaban J connectivity index is 1.44. The molecule has 1 aliphatic heterocycles. The first kappa shape index (κ1) is 18.7. The molecule has 0 atom stereocenters. The van der Waals surface area contributed by atoms with Gasteiger partial charge in [0.05, 0.1) is 7.11 Å². The maximum atomic E-state index is 12.6. The van der Waals surface area contributed by atoms with Gasteiger partial charge in [-0.3, -0.25) is 0 Å². The van der Waals surface area contributed by atoms with E-state index in [0.717, 1.165) is 34.9 Å². The van der Waals surface area contributed by atoms with E-state index in [9.17, 15) is 8.42 Å². The van der Waals surface area contributed by atoms with Crippen molar-refractivity contribution in [3.05, 3.63) is 60.3 Å². The lowest BCUT2D eigenvalue weighted by atomic mass is 10.1. The van der Waals surface area contributed by atoms with Crippen molar-refractivity contribution in [2.75, 3.05) is 25.5 Å². The van der Waals surface area contributed by atoms with Crippen LogP contribution in [0.1, 0.15) is 18.4 Å². The standard InChI is InChI=1S/C21H23N3O3S/c1-27-19-7-6-17-12-16(4-5-18(17)13-19)14-22-21-9-8-20(15-23-21)28(25,26)24-10-2-3-11-24/h4-9,12-13,15H,2-3,10-11,14H2,1H3,(H,22,23). The first-order valence-corrected chi connectivity index (χ1v) is 10.8.